The van der Waals surface area contributed by atoms with Gasteiger partial charge in [-0.05, 0) is 31.4 Å². The zero-order valence-corrected chi connectivity index (χ0v) is 11.6. The van der Waals surface area contributed by atoms with Crippen LogP contribution in [-0.2, 0) is 17.8 Å². The van der Waals surface area contributed by atoms with E-state index in [1.807, 2.05) is 0 Å². The monoisotopic (exact) mass is 275 g/mol. The Hall–Kier alpha value is -1.38. The molecule has 100 valence electrons. The minimum absolute atomic E-state index is 0.0977. The predicted molar refractivity (Wildman–Crippen MR) is 75.0 cm³/mol. The van der Waals surface area contributed by atoms with E-state index in [0.29, 0.717) is 5.56 Å². The average Bonchev–Trinajstić information content (AvgIpc) is 3.05. The fourth-order valence-corrected chi connectivity index (χ4v) is 4.11. The lowest BCUT2D eigenvalue weighted by Crippen LogP contribution is -2.22. The Morgan fingerprint density at radius 1 is 1.42 bits per heavy atom. The molecular weight excluding hydrogens is 258 g/mol. The summed E-state index contributed by atoms with van der Waals surface area (Å²) < 4.78 is 0. The first kappa shape index (κ1) is 12.6. The predicted octanol–water partition coefficient (Wildman–Crippen LogP) is 2.39. The summed E-state index contributed by atoms with van der Waals surface area (Å²) in [5.74, 6) is 0.240. The maximum atomic E-state index is 12.2. The zero-order valence-electron chi connectivity index (χ0n) is 10.8. The molecule has 1 amide bonds. The normalized spacial score (nSPS) is 18.9. The van der Waals surface area contributed by atoms with E-state index >= 15 is 0 Å². The summed E-state index contributed by atoms with van der Waals surface area (Å²) >= 11 is 1.56. The van der Waals surface area contributed by atoms with Gasteiger partial charge < -0.3 is 10.6 Å². The van der Waals surface area contributed by atoms with Crippen LogP contribution >= 0.6 is 11.3 Å². The van der Waals surface area contributed by atoms with Crippen molar-refractivity contribution in [2.45, 2.75) is 38.6 Å². The lowest BCUT2D eigenvalue weighted by molar-refractivity contribution is -0.119. The molecule has 4 nitrogen and oxygen atoms in total. The highest BCUT2D eigenvalue weighted by Crippen LogP contribution is 2.36. The van der Waals surface area contributed by atoms with Gasteiger partial charge >= 0.3 is 0 Å². The van der Waals surface area contributed by atoms with Crippen LogP contribution in [0.3, 0.4) is 0 Å². The quantitative estimate of drug-likeness (QED) is 0.871. The van der Waals surface area contributed by atoms with E-state index in [1.54, 1.807) is 11.3 Å². The number of fused-ring (bicyclic) bond motifs is 1. The van der Waals surface area contributed by atoms with Crippen molar-refractivity contribution in [1.82, 2.24) is 5.32 Å². The molecule has 0 spiro atoms. The minimum Gasteiger partial charge on any atom is -0.316 e. The first-order chi connectivity index (χ1) is 9.29. The second-order valence-corrected chi connectivity index (χ2v) is 6.32. The number of nitrogens with one attached hydrogen (secondary N) is 2. The maximum absolute atomic E-state index is 12.2. The fourth-order valence-electron chi connectivity index (χ4n) is 2.94. The number of nitrogens with zero attached hydrogens (tertiary/aromatic N) is 1. The minimum atomic E-state index is 0.0977. The average molecular weight is 275 g/mol. The first-order valence-corrected chi connectivity index (χ1v) is 7.67. The van der Waals surface area contributed by atoms with Crippen LogP contribution in [0.15, 0.2) is 0 Å². The fraction of sp³-hybridized carbons (Fsp3) is 0.571. The number of nitriles is 1. The molecule has 1 aliphatic heterocycles. The molecule has 2 N–H and O–H groups in total. The topological polar surface area (TPSA) is 64.9 Å². The van der Waals surface area contributed by atoms with Gasteiger partial charge in [0.1, 0.15) is 11.1 Å². The van der Waals surface area contributed by atoms with Crippen molar-refractivity contribution in [1.29, 1.82) is 5.26 Å². The highest BCUT2D eigenvalue weighted by molar-refractivity contribution is 7.16. The van der Waals surface area contributed by atoms with E-state index in [4.69, 9.17) is 0 Å². The van der Waals surface area contributed by atoms with Crippen LogP contribution in [-0.4, -0.2) is 12.5 Å². The molecule has 0 unspecified atom stereocenters. The summed E-state index contributed by atoms with van der Waals surface area (Å²) in [5, 5.41) is 16.4. The maximum Gasteiger partial charge on any atom is 0.228 e. The van der Waals surface area contributed by atoms with Crippen molar-refractivity contribution >= 4 is 22.2 Å². The van der Waals surface area contributed by atoms with Gasteiger partial charge in [0, 0.05) is 17.3 Å². The van der Waals surface area contributed by atoms with Gasteiger partial charge in [0.25, 0.3) is 0 Å². The largest absolute Gasteiger partial charge is 0.316 e. The second kappa shape index (κ2) is 5.32. The van der Waals surface area contributed by atoms with E-state index in [2.05, 4.69) is 16.7 Å². The van der Waals surface area contributed by atoms with Crippen LogP contribution in [0.2, 0.25) is 0 Å². The number of thiophene rings is 1. The zero-order chi connectivity index (χ0) is 13.2. The Kier molecular flexibility index (Phi) is 3.54. The van der Waals surface area contributed by atoms with E-state index in [-0.39, 0.29) is 11.8 Å². The van der Waals surface area contributed by atoms with Gasteiger partial charge in [-0.1, -0.05) is 12.8 Å². The molecule has 3 rings (SSSR count). The second-order valence-electron chi connectivity index (χ2n) is 5.22. The number of amides is 1. The number of carbonyl (C=O) groups is 1. The van der Waals surface area contributed by atoms with Gasteiger partial charge in [-0.3, -0.25) is 4.79 Å². The molecule has 5 heteroatoms. The Morgan fingerprint density at radius 2 is 2.21 bits per heavy atom. The molecule has 1 saturated carbocycles. The molecule has 0 bridgehead atoms. The standard InChI is InChI=1S/C14H17N3OS/c15-7-11-10-5-6-16-8-12(10)19-14(11)17-13(18)9-3-1-2-4-9/h9,16H,1-6,8H2,(H,17,18). The van der Waals surface area contributed by atoms with Gasteiger partial charge in [-0.15, -0.1) is 11.3 Å². The Bertz CT molecular complexity index is 538. The molecule has 0 atom stereocenters. The Balaban J connectivity index is 1.82. The Labute approximate surface area is 116 Å². The molecule has 2 aliphatic rings. The molecule has 2 heterocycles. The van der Waals surface area contributed by atoms with Crippen molar-refractivity contribution in [3.05, 3.63) is 16.0 Å². The number of hydrogen-bond donors (Lipinski definition) is 2. The molecule has 0 saturated heterocycles. The number of hydrogen-bond acceptors (Lipinski definition) is 4. The summed E-state index contributed by atoms with van der Waals surface area (Å²) in [6.07, 6.45) is 5.15. The van der Waals surface area contributed by atoms with E-state index in [0.717, 1.165) is 55.8 Å². The molecule has 1 fully saturated rings. The van der Waals surface area contributed by atoms with Gasteiger partial charge in [0.05, 0.1) is 5.56 Å². The molecular formula is C14H17N3OS. The molecule has 1 aromatic rings. The molecule has 0 aromatic carbocycles. The van der Waals surface area contributed by atoms with E-state index in [9.17, 15) is 10.1 Å². The third kappa shape index (κ3) is 2.38. The van der Waals surface area contributed by atoms with E-state index < -0.39 is 0 Å². The third-order valence-corrected chi connectivity index (χ3v) is 5.15. The van der Waals surface area contributed by atoms with Crippen molar-refractivity contribution in [2.75, 3.05) is 11.9 Å². The highest BCUT2D eigenvalue weighted by Gasteiger charge is 2.26. The smallest absolute Gasteiger partial charge is 0.228 e. The summed E-state index contributed by atoms with van der Waals surface area (Å²) in [5.41, 5.74) is 1.82. The summed E-state index contributed by atoms with van der Waals surface area (Å²) in [6, 6.07) is 2.27. The van der Waals surface area contributed by atoms with Crippen LogP contribution in [0.25, 0.3) is 0 Å². The van der Waals surface area contributed by atoms with E-state index in [1.165, 1.54) is 4.88 Å². The summed E-state index contributed by atoms with van der Waals surface area (Å²) in [4.78, 5) is 13.4. The van der Waals surface area contributed by atoms with Crippen LogP contribution in [0.1, 0.15) is 41.7 Å². The Morgan fingerprint density at radius 3 is 2.95 bits per heavy atom. The lowest BCUT2D eigenvalue weighted by Gasteiger charge is -2.11. The SMILES string of the molecule is N#Cc1c(NC(=O)C2CCCC2)sc2c1CCNC2. The van der Waals surface area contributed by atoms with Crippen molar-refractivity contribution in [2.24, 2.45) is 5.92 Å². The molecule has 1 aromatic heterocycles. The summed E-state index contributed by atoms with van der Waals surface area (Å²) in [7, 11) is 0. The molecule has 0 radical (unpaired) electrons. The van der Waals surface area contributed by atoms with Crippen molar-refractivity contribution in [3.8, 4) is 6.07 Å². The molecule has 19 heavy (non-hydrogen) atoms. The lowest BCUT2D eigenvalue weighted by atomic mass is 10.0. The van der Waals surface area contributed by atoms with Gasteiger partial charge in [-0.25, -0.2) is 0 Å². The van der Waals surface area contributed by atoms with Crippen LogP contribution < -0.4 is 10.6 Å². The van der Waals surface area contributed by atoms with Crippen LogP contribution in [0.4, 0.5) is 5.00 Å². The number of rotatable bonds is 2. The van der Waals surface area contributed by atoms with Crippen molar-refractivity contribution < 1.29 is 4.79 Å². The van der Waals surface area contributed by atoms with Gasteiger partial charge in [-0.2, -0.15) is 5.26 Å². The highest BCUT2D eigenvalue weighted by atomic mass is 32.1. The van der Waals surface area contributed by atoms with Gasteiger partial charge in [0.2, 0.25) is 5.91 Å². The number of anilines is 1. The van der Waals surface area contributed by atoms with Crippen LogP contribution in [0.5, 0.6) is 0 Å². The first-order valence-electron chi connectivity index (χ1n) is 6.86. The number of carbonyl (C=O) groups excluding carboxylic acids is 1. The summed E-state index contributed by atoms with van der Waals surface area (Å²) in [6.45, 7) is 1.72. The molecule has 1 aliphatic carbocycles. The third-order valence-electron chi connectivity index (χ3n) is 4.00. The van der Waals surface area contributed by atoms with Crippen LogP contribution in [0, 0.1) is 17.2 Å². The van der Waals surface area contributed by atoms with Crippen molar-refractivity contribution in [3.63, 3.8) is 0 Å². The van der Waals surface area contributed by atoms with Gasteiger partial charge in [0.15, 0.2) is 0 Å².